The van der Waals surface area contributed by atoms with Crippen molar-refractivity contribution in [2.24, 2.45) is 0 Å². The number of hydrogen-bond acceptors (Lipinski definition) is 6. The van der Waals surface area contributed by atoms with Crippen LogP contribution in [0.5, 0.6) is 0 Å². The van der Waals surface area contributed by atoms with Crippen LogP contribution in [0.15, 0.2) is 69.1 Å². The zero-order valence-electron chi connectivity index (χ0n) is 12.3. The Bertz CT molecular complexity index is 959. The van der Waals surface area contributed by atoms with E-state index in [-0.39, 0.29) is 11.7 Å². The Hall–Kier alpha value is -3.19. The topological polar surface area (TPSA) is 81.2 Å². The average Bonchev–Trinajstić information content (AvgIpc) is 3.35. The third kappa shape index (κ3) is 2.72. The summed E-state index contributed by atoms with van der Waals surface area (Å²) in [4.78, 5) is 17.5. The van der Waals surface area contributed by atoms with E-state index in [0.717, 1.165) is 4.88 Å². The number of carbonyl (C=O) groups is 1. The standard InChI is InChI=1S/C17H11N3O3S/c21-16(13-7-3-9-22-13)18-12-6-2-1-5-11(12)17-19-15(20-23-17)14-8-4-10-24-14/h1-10H,(H,18,21). The molecule has 6 nitrogen and oxygen atoms in total. The minimum atomic E-state index is -0.342. The largest absolute Gasteiger partial charge is 0.459 e. The van der Waals surface area contributed by atoms with E-state index in [0.29, 0.717) is 23.0 Å². The molecule has 0 saturated carbocycles. The molecule has 1 amide bonds. The summed E-state index contributed by atoms with van der Waals surface area (Å²) in [5.41, 5.74) is 1.22. The number of amides is 1. The number of para-hydroxylation sites is 1. The van der Waals surface area contributed by atoms with Gasteiger partial charge in [-0.3, -0.25) is 4.79 Å². The maximum absolute atomic E-state index is 12.2. The van der Waals surface area contributed by atoms with E-state index in [4.69, 9.17) is 8.94 Å². The second-order valence-electron chi connectivity index (χ2n) is 4.88. The molecule has 0 bridgehead atoms. The quantitative estimate of drug-likeness (QED) is 0.600. The van der Waals surface area contributed by atoms with Crippen LogP contribution in [-0.2, 0) is 0 Å². The predicted molar refractivity (Wildman–Crippen MR) is 89.7 cm³/mol. The fraction of sp³-hybridized carbons (Fsp3) is 0. The smallest absolute Gasteiger partial charge is 0.291 e. The molecule has 0 aliphatic rings. The molecule has 0 spiro atoms. The van der Waals surface area contributed by atoms with E-state index in [1.54, 1.807) is 18.2 Å². The van der Waals surface area contributed by atoms with Gasteiger partial charge in [-0.05, 0) is 35.7 Å². The third-order valence-corrected chi connectivity index (χ3v) is 4.18. The minimum absolute atomic E-state index is 0.231. The summed E-state index contributed by atoms with van der Waals surface area (Å²) in [7, 11) is 0. The number of anilines is 1. The van der Waals surface area contributed by atoms with Gasteiger partial charge in [0.1, 0.15) is 0 Å². The normalized spacial score (nSPS) is 10.7. The molecule has 0 atom stereocenters. The zero-order valence-corrected chi connectivity index (χ0v) is 13.1. The van der Waals surface area contributed by atoms with Gasteiger partial charge in [-0.1, -0.05) is 23.4 Å². The van der Waals surface area contributed by atoms with E-state index >= 15 is 0 Å². The first kappa shape index (κ1) is 14.4. The first-order valence-corrected chi connectivity index (χ1v) is 8.01. The lowest BCUT2D eigenvalue weighted by molar-refractivity contribution is 0.0996. The maximum atomic E-state index is 12.2. The molecule has 3 heterocycles. The molecule has 0 fully saturated rings. The van der Waals surface area contributed by atoms with E-state index in [2.05, 4.69) is 15.5 Å². The van der Waals surface area contributed by atoms with Gasteiger partial charge in [0.25, 0.3) is 11.8 Å². The van der Waals surface area contributed by atoms with Crippen molar-refractivity contribution < 1.29 is 13.7 Å². The summed E-state index contributed by atoms with van der Waals surface area (Å²) in [6.07, 6.45) is 1.45. The van der Waals surface area contributed by atoms with Crippen LogP contribution in [0.4, 0.5) is 5.69 Å². The van der Waals surface area contributed by atoms with Crippen molar-refractivity contribution in [1.82, 2.24) is 10.1 Å². The van der Waals surface area contributed by atoms with Crippen molar-refractivity contribution in [3.8, 4) is 22.2 Å². The fourth-order valence-corrected chi connectivity index (χ4v) is 2.86. The Morgan fingerprint density at radius 1 is 1.08 bits per heavy atom. The van der Waals surface area contributed by atoms with Crippen LogP contribution in [0.3, 0.4) is 0 Å². The van der Waals surface area contributed by atoms with E-state index in [9.17, 15) is 4.79 Å². The Morgan fingerprint density at radius 2 is 2.00 bits per heavy atom. The first-order valence-electron chi connectivity index (χ1n) is 7.13. The molecule has 3 aromatic heterocycles. The SMILES string of the molecule is O=C(Nc1ccccc1-c1nc(-c2cccs2)no1)c1ccco1. The van der Waals surface area contributed by atoms with Crippen molar-refractivity contribution in [3.63, 3.8) is 0 Å². The molecule has 4 aromatic rings. The van der Waals surface area contributed by atoms with Gasteiger partial charge in [0.2, 0.25) is 5.82 Å². The first-order chi connectivity index (χ1) is 11.8. The molecule has 0 saturated heterocycles. The number of nitrogens with zero attached hydrogens (tertiary/aromatic N) is 2. The molecule has 4 rings (SSSR count). The van der Waals surface area contributed by atoms with Gasteiger partial charge in [0, 0.05) is 0 Å². The molecular weight excluding hydrogens is 326 g/mol. The number of thiophene rings is 1. The van der Waals surface area contributed by atoms with Crippen molar-refractivity contribution >= 4 is 22.9 Å². The summed E-state index contributed by atoms with van der Waals surface area (Å²) in [6, 6.07) is 14.3. The van der Waals surface area contributed by atoms with Crippen molar-refractivity contribution in [2.45, 2.75) is 0 Å². The highest BCUT2D eigenvalue weighted by molar-refractivity contribution is 7.13. The summed E-state index contributed by atoms with van der Waals surface area (Å²) in [5.74, 6) is 0.751. The zero-order chi connectivity index (χ0) is 16.4. The number of benzene rings is 1. The van der Waals surface area contributed by atoms with E-state index < -0.39 is 0 Å². The van der Waals surface area contributed by atoms with Gasteiger partial charge < -0.3 is 14.3 Å². The van der Waals surface area contributed by atoms with Crippen LogP contribution < -0.4 is 5.32 Å². The Labute approximate surface area is 140 Å². The number of hydrogen-bond donors (Lipinski definition) is 1. The van der Waals surface area contributed by atoms with Crippen LogP contribution >= 0.6 is 11.3 Å². The molecule has 0 aliphatic heterocycles. The predicted octanol–water partition coefficient (Wildman–Crippen LogP) is 4.31. The fourth-order valence-electron chi connectivity index (χ4n) is 2.21. The van der Waals surface area contributed by atoms with Crippen LogP contribution in [-0.4, -0.2) is 16.0 Å². The molecule has 118 valence electrons. The van der Waals surface area contributed by atoms with Gasteiger partial charge in [-0.25, -0.2) is 0 Å². The lowest BCUT2D eigenvalue weighted by Gasteiger charge is -2.06. The molecule has 24 heavy (non-hydrogen) atoms. The maximum Gasteiger partial charge on any atom is 0.291 e. The molecule has 1 aromatic carbocycles. The van der Waals surface area contributed by atoms with Gasteiger partial charge in [-0.15, -0.1) is 11.3 Å². The molecule has 0 unspecified atom stereocenters. The van der Waals surface area contributed by atoms with Crippen molar-refractivity contribution in [2.75, 3.05) is 5.32 Å². The van der Waals surface area contributed by atoms with Crippen LogP contribution in [0.25, 0.3) is 22.2 Å². The lowest BCUT2D eigenvalue weighted by Crippen LogP contribution is -2.11. The summed E-state index contributed by atoms with van der Waals surface area (Å²) < 4.78 is 10.5. The highest BCUT2D eigenvalue weighted by Gasteiger charge is 2.17. The van der Waals surface area contributed by atoms with E-state index in [1.807, 2.05) is 35.7 Å². The highest BCUT2D eigenvalue weighted by atomic mass is 32.1. The average molecular weight is 337 g/mol. The van der Waals surface area contributed by atoms with Gasteiger partial charge >= 0.3 is 0 Å². The lowest BCUT2D eigenvalue weighted by atomic mass is 10.1. The van der Waals surface area contributed by atoms with Crippen LogP contribution in [0.1, 0.15) is 10.6 Å². The molecule has 0 aliphatic carbocycles. The van der Waals surface area contributed by atoms with Crippen molar-refractivity contribution in [3.05, 3.63) is 65.9 Å². The van der Waals surface area contributed by atoms with E-state index in [1.165, 1.54) is 17.6 Å². The Morgan fingerprint density at radius 3 is 2.79 bits per heavy atom. The number of rotatable bonds is 4. The molecule has 0 radical (unpaired) electrons. The van der Waals surface area contributed by atoms with Crippen LogP contribution in [0.2, 0.25) is 0 Å². The number of furan rings is 1. The van der Waals surface area contributed by atoms with Gasteiger partial charge in [0.15, 0.2) is 5.76 Å². The van der Waals surface area contributed by atoms with Crippen molar-refractivity contribution in [1.29, 1.82) is 0 Å². The van der Waals surface area contributed by atoms with Gasteiger partial charge in [0.05, 0.1) is 22.4 Å². The minimum Gasteiger partial charge on any atom is -0.459 e. The van der Waals surface area contributed by atoms with Crippen LogP contribution in [0, 0.1) is 0 Å². The number of aromatic nitrogens is 2. The second kappa shape index (κ2) is 6.13. The summed E-state index contributed by atoms with van der Waals surface area (Å²) >= 11 is 1.53. The number of nitrogens with one attached hydrogen (secondary N) is 1. The molecule has 1 N–H and O–H groups in total. The molecule has 7 heteroatoms. The summed E-state index contributed by atoms with van der Waals surface area (Å²) in [5, 5.41) is 8.74. The monoisotopic (exact) mass is 337 g/mol. The summed E-state index contributed by atoms with van der Waals surface area (Å²) in [6.45, 7) is 0. The Balaban J connectivity index is 1.66. The third-order valence-electron chi connectivity index (χ3n) is 3.32. The van der Waals surface area contributed by atoms with Gasteiger partial charge in [-0.2, -0.15) is 4.98 Å². The number of carbonyl (C=O) groups excluding carboxylic acids is 1. The highest BCUT2D eigenvalue weighted by Crippen LogP contribution is 2.30. The second-order valence-corrected chi connectivity index (χ2v) is 5.83. The Kier molecular flexibility index (Phi) is 3.68. The molecular formula is C17H11N3O3S.